The highest BCUT2D eigenvalue weighted by atomic mass is 79.9. The Labute approximate surface area is 90.8 Å². The van der Waals surface area contributed by atoms with Crippen molar-refractivity contribution < 1.29 is 14.6 Å². The second-order valence-electron chi connectivity index (χ2n) is 2.75. The molecule has 0 aliphatic heterocycles. The van der Waals surface area contributed by atoms with Crippen LogP contribution in [0.5, 0.6) is 0 Å². The molecule has 4 heteroatoms. The lowest BCUT2D eigenvalue weighted by molar-refractivity contribution is 0.0696. The van der Waals surface area contributed by atoms with E-state index in [4.69, 9.17) is 9.84 Å². The fourth-order valence-electron chi connectivity index (χ4n) is 1.01. The fourth-order valence-corrected chi connectivity index (χ4v) is 1.50. The van der Waals surface area contributed by atoms with Crippen molar-refractivity contribution in [3.63, 3.8) is 0 Å². The number of aromatic carboxylic acids is 1. The first-order chi connectivity index (χ1) is 6.65. The molecule has 0 spiro atoms. The maximum Gasteiger partial charge on any atom is 0.335 e. The van der Waals surface area contributed by atoms with E-state index in [1.165, 1.54) is 0 Å². The van der Waals surface area contributed by atoms with E-state index < -0.39 is 5.97 Å². The molecule has 0 heterocycles. The molecule has 0 saturated carbocycles. The van der Waals surface area contributed by atoms with Gasteiger partial charge in [0, 0.05) is 11.1 Å². The molecule has 0 aromatic heterocycles. The van der Waals surface area contributed by atoms with Crippen LogP contribution in [0.1, 0.15) is 22.8 Å². The first-order valence-electron chi connectivity index (χ1n) is 4.24. The Hall–Kier alpha value is -0.870. The highest BCUT2D eigenvalue weighted by molar-refractivity contribution is 9.10. The van der Waals surface area contributed by atoms with Crippen molar-refractivity contribution in [2.45, 2.75) is 13.5 Å². The molecule has 0 amide bonds. The lowest BCUT2D eigenvalue weighted by Crippen LogP contribution is -1.98. The number of hydrogen-bond donors (Lipinski definition) is 1. The van der Waals surface area contributed by atoms with E-state index in [1.54, 1.807) is 18.2 Å². The Bertz CT molecular complexity index is 336. The normalized spacial score (nSPS) is 10.1. The predicted molar refractivity (Wildman–Crippen MR) is 56.4 cm³/mol. The average molecular weight is 259 g/mol. The molecule has 0 bridgehead atoms. The van der Waals surface area contributed by atoms with Gasteiger partial charge in [0.15, 0.2) is 0 Å². The third-order valence-corrected chi connectivity index (χ3v) is 2.50. The second kappa shape index (κ2) is 5.12. The summed E-state index contributed by atoms with van der Waals surface area (Å²) < 4.78 is 5.99. The van der Waals surface area contributed by atoms with Gasteiger partial charge in [0.05, 0.1) is 12.2 Å². The summed E-state index contributed by atoms with van der Waals surface area (Å²) in [6.45, 7) is 3.06. The van der Waals surface area contributed by atoms with Gasteiger partial charge in [0.1, 0.15) is 0 Å². The summed E-state index contributed by atoms with van der Waals surface area (Å²) in [6, 6.07) is 4.90. The molecule has 1 rings (SSSR count). The Morgan fingerprint density at radius 1 is 1.57 bits per heavy atom. The van der Waals surface area contributed by atoms with Crippen LogP contribution in [-0.4, -0.2) is 17.7 Å². The molecule has 76 valence electrons. The van der Waals surface area contributed by atoms with Crippen LogP contribution < -0.4 is 0 Å². The largest absolute Gasteiger partial charge is 0.478 e. The molecule has 0 aliphatic carbocycles. The summed E-state index contributed by atoms with van der Waals surface area (Å²) in [4.78, 5) is 10.6. The maximum atomic E-state index is 10.6. The zero-order valence-corrected chi connectivity index (χ0v) is 9.37. The number of carbonyl (C=O) groups is 1. The number of hydrogen-bond acceptors (Lipinski definition) is 2. The number of carboxylic acid groups (broad SMARTS) is 1. The van der Waals surface area contributed by atoms with Crippen LogP contribution in [0.2, 0.25) is 0 Å². The van der Waals surface area contributed by atoms with E-state index >= 15 is 0 Å². The number of benzene rings is 1. The molecule has 0 atom stereocenters. The van der Waals surface area contributed by atoms with Gasteiger partial charge in [-0.25, -0.2) is 4.79 Å². The van der Waals surface area contributed by atoms with Crippen molar-refractivity contribution in [1.29, 1.82) is 0 Å². The zero-order valence-electron chi connectivity index (χ0n) is 7.79. The van der Waals surface area contributed by atoms with Crippen molar-refractivity contribution in [2.24, 2.45) is 0 Å². The highest BCUT2D eigenvalue weighted by Gasteiger charge is 2.06. The molecule has 0 aliphatic rings. The minimum absolute atomic E-state index is 0.275. The van der Waals surface area contributed by atoms with E-state index in [-0.39, 0.29) is 5.56 Å². The summed E-state index contributed by atoms with van der Waals surface area (Å²) in [5, 5.41) is 8.72. The van der Waals surface area contributed by atoms with Crippen molar-refractivity contribution in [2.75, 3.05) is 6.61 Å². The van der Waals surface area contributed by atoms with E-state index in [9.17, 15) is 4.79 Å². The second-order valence-corrected chi connectivity index (χ2v) is 3.60. The molecule has 0 unspecified atom stereocenters. The molecule has 1 aromatic rings. The molecule has 3 nitrogen and oxygen atoms in total. The molecule has 0 fully saturated rings. The van der Waals surface area contributed by atoms with Gasteiger partial charge >= 0.3 is 5.97 Å². The van der Waals surface area contributed by atoms with E-state index in [2.05, 4.69) is 15.9 Å². The van der Waals surface area contributed by atoms with Crippen molar-refractivity contribution >= 4 is 21.9 Å². The molecule has 1 N–H and O–H groups in total. The number of halogens is 1. The monoisotopic (exact) mass is 258 g/mol. The Kier molecular flexibility index (Phi) is 4.10. The lowest BCUT2D eigenvalue weighted by Gasteiger charge is -2.05. The molecular formula is C10H11BrO3. The molecular weight excluding hydrogens is 248 g/mol. The predicted octanol–water partition coefficient (Wildman–Crippen LogP) is 2.68. The van der Waals surface area contributed by atoms with Crippen LogP contribution in [-0.2, 0) is 11.3 Å². The zero-order chi connectivity index (χ0) is 10.6. The number of carboxylic acids is 1. The summed E-state index contributed by atoms with van der Waals surface area (Å²) in [5.41, 5.74) is 1.23. The Morgan fingerprint density at radius 3 is 2.79 bits per heavy atom. The van der Waals surface area contributed by atoms with Gasteiger partial charge < -0.3 is 9.84 Å². The van der Waals surface area contributed by atoms with Gasteiger partial charge in [-0.05, 0) is 24.6 Å². The minimum atomic E-state index is -0.923. The summed E-state index contributed by atoms with van der Waals surface area (Å²) in [6.07, 6.45) is 0. The van der Waals surface area contributed by atoms with Crippen molar-refractivity contribution in [3.05, 3.63) is 33.8 Å². The van der Waals surface area contributed by atoms with Crippen LogP contribution >= 0.6 is 15.9 Å². The summed E-state index contributed by atoms with van der Waals surface area (Å²) >= 11 is 3.30. The SMILES string of the molecule is CCOCc1ccc(C(=O)O)cc1Br. The highest BCUT2D eigenvalue weighted by Crippen LogP contribution is 2.19. The van der Waals surface area contributed by atoms with Gasteiger partial charge in [0.2, 0.25) is 0 Å². The number of rotatable bonds is 4. The first kappa shape index (κ1) is 11.2. The summed E-state index contributed by atoms with van der Waals surface area (Å²) in [5.74, 6) is -0.923. The smallest absolute Gasteiger partial charge is 0.335 e. The third kappa shape index (κ3) is 2.82. The van der Waals surface area contributed by atoms with Crippen LogP contribution in [0.4, 0.5) is 0 Å². The Morgan fingerprint density at radius 2 is 2.29 bits per heavy atom. The molecule has 1 aromatic carbocycles. The fraction of sp³-hybridized carbons (Fsp3) is 0.300. The minimum Gasteiger partial charge on any atom is -0.478 e. The van der Waals surface area contributed by atoms with Gasteiger partial charge in [-0.3, -0.25) is 0 Å². The van der Waals surface area contributed by atoms with E-state index in [1.807, 2.05) is 6.92 Å². The van der Waals surface area contributed by atoms with Crippen molar-refractivity contribution in [1.82, 2.24) is 0 Å². The topological polar surface area (TPSA) is 46.5 Å². The summed E-state index contributed by atoms with van der Waals surface area (Å²) in [7, 11) is 0. The molecule has 14 heavy (non-hydrogen) atoms. The van der Waals surface area contributed by atoms with Crippen LogP contribution in [0.3, 0.4) is 0 Å². The maximum absolute atomic E-state index is 10.6. The van der Waals surface area contributed by atoms with Crippen LogP contribution in [0, 0.1) is 0 Å². The quantitative estimate of drug-likeness (QED) is 0.904. The molecule has 0 radical (unpaired) electrons. The third-order valence-electron chi connectivity index (χ3n) is 1.76. The average Bonchev–Trinajstić information content (AvgIpc) is 2.15. The Balaban J connectivity index is 2.84. The van der Waals surface area contributed by atoms with Gasteiger partial charge in [0.25, 0.3) is 0 Å². The van der Waals surface area contributed by atoms with E-state index in [0.717, 1.165) is 10.0 Å². The standard InChI is InChI=1S/C10H11BrO3/c1-2-14-6-8-4-3-7(10(12)13)5-9(8)11/h3-5H,2,6H2,1H3,(H,12,13). The first-order valence-corrected chi connectivity index (χ1v) is 5.04. The van der Waals surface area contributed by atoms with Crippen molar-refractivity contribution in [3.8, 4) is 0 Å². The van der Waals surface area contributed by atoms with Crippen LogP contribution in [0.15, 0.2) is 22.7 Å². The lowest BCUT2D eigenvalue weighted by atomic mass is 10.1. The van der Waals surface area contributed by atoms with E-state index in [0.29, 0.717) is 13.2 Å². The van der Waals surface area contributed by atoms with Crippen LogP contribution in [0.25, 0.3) is 0 Å². The van der Waals surface area contributed by atoms with Gasteiger partial charge in [-0.2, -0.15) is 0 Å². The number of ether oxygens (including phenoxy) is 1. The van der Waals surface area contributed by atoms with Gasteiger partial charge in [-0.15, -0.1) is 0 Å². The molecule has 0 saturated heterocycles. The van der Waals surface area contributed by atoms with Gasteiger partial charge in [-0.1, -0.05) is 22.0 Å².